The fraction of sp³-hybridized carbons (Fsp3) is 0.286. The first kappa shape index (κ1) is 13.3. The zero-order valence-electron chi connectivity index (χ0n) is 10.6. The number of benzene rings is 1. The van der Waals surface area contributed by atoms with Crippen molar-refractivity contribution < 1.29 is 9.50 Å². The number of H-pyrrole nitrogens is 1. The SMILES string of the molecule is CCCCc1nc(O)c(-c2ccccc2F)c(=O)[nH]1. The number of aromatic nitrogens is 2. The van der Waals surface area contributed by atoms with E-state index in [9.17, 15) is 14.3 Å². The van der Waals surface area contributed by atoms with E-state index in [-0.39, 0.29) is 11.1 Å². The Morgan fingerprint density at radius 3 is 2.74 bits per heavy atom. The topological polar surface area (TPSA) is 66.0 Å². The number of nitrogens with zero attached hydrogens (tertiary/aromatic N) is 1. The van der Waals surface area contributed by atoms with Crippen LogP contribution in [0.25, 0.3) is 11.1 Å². The molecule has 0 fully saturated rings. The zero-order valence-corrected chi connectivity index (χ0v) is 10.6. The van der Waals surface area contributed by atoms with Gasteiger partial charge in [-0.25, -0.2) is 4.39 Å². The Labute approximate surface area is 110 Å². The van der Waals surface area contributed by atoms with Crippen LogP contribution in [0, 0.1) is 5.82 Å². The molecule has 0 aliphatic rings. The second kappa shape index (κ2) is 5.65. The summed E-state index contributed by atoms with van der Waals surface area (Å²) in [6, 6.07) is 5.79. The number of rotatable bonds is 4. The summed E-state index contributed by atoms with van der Waals surface area (Å²) in [7, 11) is 0. The smallest absolute Gasteiger partial charge is 0.262 e. The van der Waals surface area contributed by atoms with Gasteiger partial charge in [0.05, 0.1) is 0 Å². The van der Waals surface area contributed by atoms with Crippen molar-refractivity contribution in [2.75, 3.05) is 0 Å². The molecule has 2 rings (SSSR count). The Morgan fingerprint density at radius 1 is 1.37 bits per heavy atom. The molecule has 0 radical (unpaired) electrons. The van der Waals surface area contributed by atoms with Crippen molar-refractivity contribution >= 4 is 0 Å². The molecule has 0 unspecified atom stereocenters. The minimum atomic E-state index is -0.564. The van der Waals surface area contributed by atoms with E-state index in [1.807, 2.05) is 6.92 Å². The first-order valence-corrected chi connectivity index (χ1v) is 6.20. The highest BCUT2D eigenvalue weighted by Gasteiger charge is 2.15. The molecule has 0 atom stereocenters. The molecule has 1 heterocycles. The number of aryl methyl sites for hydroxylation is 1. The maximum Gasteiger partial charge on any atom is 0.262 e. The summed E-state index contributed by atoms with van der Waals surface area (Å²) in [6.45, 7) is 2.02. The highest BCUT2D eigenvalue weighted by molar-refractivity contribution is 5.67. The molecule has 0 saturated carbocycles. The van der Waals surface area contributed by atoms with Crippen molar-refractivity contribution in [2.24, 2.45) is 0 Å². The largest absolute Gasteiger partial charge is 0.493 e. The molecule has 4 nitrogen and oxygen atoms in total. The van der Waals surface area contributed by atoms with Gasteiger partial charge in [-0.1, -0.05) is 31.5 Å². The lowest BCUT2D eigenvalue weighted by Crippen LogP contribution is -2.14. The molecular formula is C14H15FN2O2. The van der Waals surface area contributed by atoms with Crippen LogP contribution < -0.4 is 5.56 Å². The van der Waals surface area contributed by atoms with Gasteiger partial charge in [0.25, 0.3) is 5.56 Å². The molecule has 5 heteroatoms. The summed E-state index contributed by atoms with van der Waals surface area (Å²) >= 11 is 0. The van der Waals surface area contributed by atoms with Gasteiger partial charge < -0.3 is 10.1 Å². The van der Waals surface area contributed by atoms with Gasteiger partial charge in [-0.05, 0) is 12.5 Å². The van der Waals surface area contributed by atoms with Gasteiger partial charge in [0, 0.05) is 12.0 Å². The standard InChI is InChI=1S/C14H15FN2O2/c1-2-3-8-11-16-13(18)12(14(19)17-11)9-6-4-5-7-10(9)15/h4-7H,2-3,8H2,1H3,(H2,16,17,18,19). The van der Waals surface area contributed by atoms with Gasteiger partial charge in [0.1, 0.15) is 17.2 Å². The van der Waals surface area contributed by atoms with Crippen LogP contribution in [0.4, 0.5) is 4.39 Å². The van der Waals surface area contributed by atoms with Gasteiger partial charge >= 0.3 is 0 Å². The first-order valence-electron chi connectivity index (χ1n) is 6.20. The van der Waals surface area contributed by atoms with Crippen LogP contribution in [0.15, 0.2) is 29.1 Å². The second-order valence-corrected chi connectivity index (χ2v) is 4.29. The van der Waals surface area contributed by atoms with Crippen LogP contribution in [0.1, 0.15) is 25.6 Å². The van der Waals surface area contributed by atoms with Crippen LogP contribution >= 0.6 is 0 Å². The van der Waals surface area contributed by atoms with Crippen LogP contribution in [-0.2, 0) is 6.42 Å². The molecule has 0 spiro atoms. The number of hydrogen-bond acceptors (Lipinski definition) is 3. The normalized spacial score (nSPS) is 10.6. The highest BCUT2D eigenvalue weighted by Crippen LogP contribution is 2.25. The van der Waals surface area contributed by atoms with Gasteiger partial charge in [-0.2, -0.15) is 4.98 Å². The zero-order chi connectivity index (χ0) is 13.8. The molecule has 0 saturated heterocycles. The van der Waals surface area contributed by atoms with Gasteiger partial charge in [-0.3, -0.25) is 4.79 Å². The molecule has 0 amide bonds. The lowest BCUT2D eigenvalue weighted by molar-refractivity contribution is 0.449. The highest BCUT2D eigenvalue weighted by atomic mass is 19.1. The maximum absolute atomic E-state index is 13.6. The van der Waals surface area contributed by atoms with Gasteiger partial charge in [0.15, 0.2) is 0 Å². The van der Waals surface area contributed by atoms with Crippen molar-refractivity contribution in [2.45, 2.75) is 26.2 Å². The third kappa shape index (κ3) is 2.81. The Kier molecular flexibility index (Phi) is 3.94. The predicted octanol–water partition coefficient (Wildman–Crippen LogP) is 2.62. The summed E-state index contributed by atoms with van der Waals surface area (Å²) < 4.78 is 13.6. The minimum absolute atomic E-state index is 0.0517. The van der Waals surface area contributed by atoms with Crippen molar-refractivity contribution in [3.05, 3.63) is 46.3 Å². The average molecular weight is 262 g/mol. The molecule has 0 aliphatic carbocycles. The Hall–Kier alpha value is -2.17. The molecule has 2 N–H and O–H groups in total. The third-order valence-corrected chi connectivity index (χ3v) is 2.86. The molecule has 100 valence electrons. The van der Waals surface area contributed by atoms with Crippen molar-refractivity contribution in [1.82, 2.24) is 9.97 Å². The summed E-state index contributed by atoms with van der Waals surface area (Å²) in [5, 5.41) is 9.85. The summed E-state index contributed by atoms with van der Waals surface area (Å²) in [5.41, 5.74) is -0.599. The van der Waals surface area contributed by atoms with Crippen molar-refractivity contribution in [3.8, 4) is 17.0 Å². The van der Waals surface area contributed by atoms with E-state index in [0.29, 0.717) is 12.2 Å². The third-order valence-electron chi connectivity index (χ3n) is 2.86. The summed E-state index contributed by atoms with van der Waals surface area (Å²) in [6.07, 6.45) is 2.40. The predicted molar refractivity (Wildman–Crippen MR) is 70.5 cm³/mol. The molecule has 0 aliphatic heterocycles. The molecule has 1 aromatic carbocycles. The lowest BCUT2D eigenvalue weighted by Gasteiger charge is -2.06. The van der Waals surface area contributed by atoms with E-state index >= 15 is 0 Å². The number of hydrogen-bond donors (Lipinski definition) is 2. The van der Waals surface area contributed by atoms with E-state index < -0.39 is 17.3 Å². The van der Waals surface area contributed by atoms with E-state index in [0.717, 1.165) is 12.8 Å². The van der Waals surface area contributed by atoms with E-state index in [4.69, 9.17) is 0 Å². The van der Waals surface area contributed by atoms with Gasteiger partial charge in [-0.15, -0.1) is 0 Å². The fourth-order valence-electron chi connectivity index (χ4n) is 1.88. The number of unbranched alkanes of at least 4 members (excludes halogenated alkanes) is 1. The molecule has 1 aromatic heterocycles. The Morgan fingerprint density at radius 2 is 2.11 bits per heavy atom. The molecule has 19 heavy (non-hydrogen) atoms. The first-order chi connectivity index (χ1) is 9.13. The van der Waals surface area contributed by atoms with E-state index in [1.54, 1.807) is 6.07 Å². The number of aromatic hydroxyl groups is 1. The monoisotopic (exact) mass is 262 g/mol. The molecule has 2 aromatic rings. The Bertz CT molecular complexity index is 638. The molecular weight excluding hydrogens is 247 g/mol. The summed E-state index contributed by atoms with van der Waals surface area (Å²) in [4.78, 5) is 18.5. The quantitative estimate of drug-likeness (QED) is 0.890. The van der Waals surface area contributed by atoms with Crippen LogP contribution in [0.5, 0.6) is 5.88 Å². The molecule has 0 bridgehead atoms. The van der Waals surface area contributed by atoms with Crippen LogP contribution in [-0.4, -0.2) is 15.1 Å². The lowest BCUT2D eigenvalue weighted by atomic mass is 10.1. The number of halogens is 1. The van der Waals surface area contributed by atoms with E-state index in [2.05, 4.69) is 9.97 Å². The van der Waals surface area contributed by atoms with Crippen LogP contribution in [0.3, 0.4) is 0 Å². The Balaban J connectivity index is 2.49. The summed E-state index contributed by atoms with van der Waals surface area (Å²) in [5.74, 6) is -0.573. The minimum Gasteiger partial charge on any atom is -0.493 e. The number of nitrogens with one attached hydrogen (secondary N) is 1. The van der Waals surface area contributed by atoms with Crippen molar-refractivity contribution in [3.63, 3.8) is 0 Å². The van der Waals surface area contributed by atoms with Gasteiger partial charge in [0.2, 0.25) is 5.88 Å². The average Bonchev–Trinajstić information content (AvgIpc) is 2.38. The van der Waals surface area contributed by atoms with Crippen molar-refractivity contribution in [1.29, 1.82) is 0 Å². The number of aromatic amines is 1. The van der Waals surface area contributed by atoms with Crippen LogP contribution in [0.2, 0.25) is 0 Å². The second-order valence-electron chi connectivity index (χ2n) is 4.29. The van der Waals surface area contributed by atoms with E-state index in [1.165, 1.54) is 18.2 Å². The maximum atomic E-state index is 13.6. The fourth-order valence-corrected chi connectivity index (χ4v) is 1.88.